The summed E-state index contributed by atoms with van der Waals surface area (Å²) < 4.78 is 0. The maximum atomic E-state index is 2.47. The molecule has 2 aliphatic carbocycles. The van der Waals surface area contributed by atoms with Gasteiger partial charge in [0.2, 0.25) is 0 Å². The fourth-order valence-electron chi connectivity index (χ4n) is 4.79. The summed E-state index contributed by atoms with van der Waals surface area (Å²) in [6.45, 7) is 0. The topological polar surface area (TPSA) is 0 Å². The summed E-state index contributed by atoms with van der Waals surface area (Å²) in [7, 11) is 0. The van der Waals surface area contributed by atoms with Crippen molar-refractivity contribution in [3.8, 4) is 0 Å². The predicted molar refractivity (Wildman–Crippen MR) is 96.6 cm³/mol. The molecule has 0 atom stereocenters. The Labute approximate surface area is 137 Å². The number of hydrogen-bond donors (Lipinski definition) is 0. The Morgan fingerprint density at radius 3 is 1.14 bits per heavy atom. The average Bonchev–Trinajstić information content (AvgIpc) is 2.47. The van der Waals surface area contributed by atoms with Gasteiger partial charge in [0.1, 0.15) is 0 Å². The van der Waals surface area contributed by atoms with Gasteiger partial charge in [-0.15, -0.1) is 0 Å². The monoisotopic (exact) mass is 298 g/mol. The van der Waals surface area contributed by atoms with Gasteiger partial charge in [-0.05, 0) is 48.6 Å². The van der Waals surface area contributed by atoms with Crippen molar-refractivity contribution in [1.29, 1.82) is 0 Å². The van der Waals surface area contributed by atoms with Gasteiger partial charge in [-0.1, -0.05) is 88.5 Å². The van der Waals surface area contributed by atoms with Crippen molar-refractivity contribution >= 4 is 0 Å². The van der Waals surface area contributed by atoms with Crippen LogP contribution in [0.25, 0.3) is 0 Å². The van der Waals surface area contributed by atoms with Gasteiger partial charge < -0.3 is 0 Å². The van der Waals surface area contributed by atoms with Crippen LogP contribution in [0.1, 0.15) is 113 Å². The second kappa shape index (κ2) is 8.75. The van der Waals surface area contributed by atoms with Crippen LogP contribution in [-0.4, -0.2) is 0 Å². The lowest BCUT2D eigenvalue weighted by atomic mass is 9.78. The Balaban J connectivity index is 1.78. The van der Waals surface area contributed by atoms with Crippen LogP contribution < -0.4 is 0 Å². The number of rotatable bonds is 2. The Morgan fingerprint density at radius 2 is 0.773 bits per heavy atom. The van der Waals surface area contributed by atoms with E-state index in [1.807, 2.05) is 0 Å². The SMILES string of the molecule is c1ccc(C2CCCCCCC2)c(C2CCCCCCC2)c1. The zero-order valence-corrected chi connectivity index (χ0v) is 14.4. The first-order valence-corrected chi connectivity index (χ1v) is 10.0. The summed E-state index contributed by atoms with van der Waals surface area (Å²) >= 11 is 0. The van der Waals surface area contributed by atoms with E-state index >= 15 is 0 Å². The molecule has 0 amide bonds. The highest BCUT2D eigenvalue weighted by molar-refractivity contribution is 5.33. The first-order valence-electron chi connectivity index (χ1n) is 10.0. The molecule has 0 unspecified atom stereocenters. The van der Waals surface area contributed by atoms with Crippen molar-refractivity contribution in [2.45, 2.75) is 102 Å². The minimum Gasteiger partial charge on any atom is -0.0620 e. The third-order valence-electron chi connectivity index (χ3n) is 6.09. The molecule has 0 spiro atoms. The van der Waals surface area contributed by atoms with Crippen molar-refractivity contribution in [1.82, 2.24) is 0 Å². The minimum atomic E-state index is 0.849. The van der Waals surface area contributed by atoms with Crippen LogP contribution in [0.4, 0.5) is 0 Å². The quantitative estimate of drug-likeness (QED) is 0.535. The number of benzene rings is 1. The lowest BCUT2D eigenvalue weighted by molar-refractivity contribution is 0.434. The van der Waals surface area contributed by atoms with E-state index in [0.717, 1.165) is 11.8 Å². The smallest absolute Gasteiger partial charge is 0.0159 e. The molecule has 0 saturated heterocycles. The van der Waals surface area contributed by atoms with Crippen LogP contribution in [0.5, 0.6) is 0 Å². The van der Waals surface area contributed by atoms with Gasteiger partial charge >= 0.3 is 0 Å². The van der Waals surface area contributed by atoms with Crippen molar-refractivity contribution in [3.63, 3.8) is 0 Å². The van der Waals surface area contributed by atoms with Gasteiger partial charge in [0.05, 0.1) is 0 Å². The molecular formula is C22H34. The van der Waals surface area contributed by atoms with Gasteiger partial charge in [-0.2, -0.15) is 0 Å². The molecule has 0 radical (unpaired) electrons. The zero-order valence-electron chi connectivity index (χ0n) is 14.4. The summed E-state index contributed by atoms with van der Waals surface area (Å²) in [6.07, 6.45) is 20.3. The maximum absolute atomic E-state index is 2.47. The summed E-state index contributed by atoms with van der Waals surface area (Å²) in [5.74, 6) is 1.70. The largest absolute Gasteiger partial charge is 0.0620 e. The van der Waals surface area contributed by atoms with Crippen molar-refractivity contribution in [3.05, 3.63) is 35.4 Å². The van der Waals surface area contributed by atoms with Crippen LogP contribution in [0.2, 0.25) is 0 Å². The first kappa shape index (κ1) is 16.1. The van der Waals surface area contributed by atoms with Crippen LogP contribution >= 0.6 is 0 Å². The Hall–Kier alpha value is -0.780. The Morgan fingerprint density at radius 1 is 0.455 bits per heavy atom. The molecule has 22 heavy (non-hydrogen) atoms. The standard InChI is InChI=1S/C22H34/c1-3-7-13-19(14-8-4-1)21-17-11-12-18-22(21)20-15-9-5-2-6-10-16-20/h11-12,17-20H,1-10,13-16H2. The maximum Gasteiger partial charge on any atom is -0.0159 e. The predicted octanol–water partition coefficient (Wildman–Crippen LogP) is 7.34. The molecule has 1 aromatic carbocycles. The molecule has 0 nitrogen and oxygen atoms in total. The van der Waals surface area contributed by atoms with Gasteiger partial charge in [-0.25, -0.2) is 0 Å². The van der Waals surface area contributed by atoms with Crippen LogP contribution in [0, 0.1) is 0 Å². The Bertz CT molecular complexity index is 376. The highest BCUT2D eigenvalue weighted by Gasteiger charge is 2.21. The molecule has 0 heteroatoms. The lowest BCUT2D eigenvalue weighted by Gasteiger charge is -2.27. The molecule has 0 heterocycles. The molecule has 122 valence electrons. The highest BCUT2D eigenvalue weighted by atomic mass is 14.3. The van der Waals surface area contributed by atoms with Gasteiger partial charge in [0, 0.05) is 0 Å². The molecule has 0 bridgehead atoms. The summed E-state index contributed by atoms with van der Waals surface area (Å²) in [5, 5.41) is 0. The van der Waals surface area contributed by atoms with Crippen molar-refractivity contribution in [2.75, 3.05) is 0 Å². The third-order valence-corrected chi connectivity index (χ3v) is 6.09. The first-order chi connectivity index (χ1) is 10.9. The zero-order chi connectivity index (χ0) is 15.0. The van der Waals surface area contributed by atoms with Crippen LogP contribution in [0.15, 0.2) is 24.3 Å². The van der Waals surface area contributed by atoms with Gasteiger partial charge in [-0.3, -0.25) is 0 Å². The molecule has 2 aliphatic rings. The molecule has 0 N–H and O–H groups in total. The fraction of sp³-hybridized carbons (Fsp3) is 0.727. The molecule has 0 aliphatic heterocycles. The fourth-order valence-corrected chi connectivity index (χ4v) is 4.79. The summed E-state index contributed by atoms with van der Waals surface area (Å²) in [4.78, 5) is 0. The minimum absolute atomic E-state index is 0.849. The van der Waals surface area contributed by atoms with E-state index in [2.05, 4.69) is 24.3 Å². The second-order valence-electron chi connectivity index (χ2n) is 7.71. The summed E-state index contributed by atoms with van der Waals surface area (Å²) in [6, 6.07) is 9.53. The van der Waals surface area contributed by atoms with E-state index in [-0.39, 0.29) is 0 Å². The van der Waals surface area contributed by atoms with E-state index in [1.165, 1.54) is 89.9 Å². The normalized spacial score (nSPS) is 23.3. The second-order valence-corrected chi connectivity index (χ2v) is 7.71. The van der Waals surface area contributed by atoms with Gasteiger partial charge in [0.25, 0.3) is 0 Å². The molecule has 0 aromatic heterocycles. The Kier molecular flexibility index (Phi) is 6.40. The van der Waals surface area contributed by atoms with Crippen molar-refractivity contribution < 1.29 is 0 Å². The van der Waals surface area contributed by atoms with Crippen LogP contribution in [-0.2, 0) is 0 Å². The third kappa shape index (κ3) is 4.37. The molecule has 2 fully saturated rings. The van der Waals surface area contributed by atoms with E-state index in [9.17, 15) is 0 Å². The van der Waals surface area contributed by atoms with E-state index in [0.29, 0.717) is 0 Å². The van der Waals surface area contributed by atoms with E-state index in [1.54, 1.807) is 11.1 Å². The summed E-state index contributed by atoms with van der Waals surface area (Å²) in [5.41, 5.74) is 3.46. The van der Waals surface area contributed by atoms with Crippen LogP contribution in [0.3, 0.4) is 0 Å². The molecule has 2 saturated carbocycles. The molecule has 3 rings (SSSR count). The lowest BCUT2D eigenvalue weighted by Crippen LogP contribution is -2.10. The molecular weight excluding hydrogens is 264 g/mol. The number of hydrogen-bond acceptors (Lipinski definition) is 0. The van der Waals surface area contributed by atoms with E-state index < -0.39 is 0 Å². The average molecular weight is 299 g/mol. The van der Waals surface area contributed by atoms with Gasteiger partial charge in [0.15, 0.2) is 0 Å². The molecule has 1 aromatic rings. The van der Waals surface area contributed by atoms with E-state index in [4.69, 9.17) is 0 Å². The highest BCUT2D eigenvalue weighted by Crippen LogP contribution is 2.39. The van der Waals surface area contributed by atoms with Crippen molar-refractivity contribution in [2.24, 2.45) is 0 Å².